The van der Waals surface area contributed by atoms with Crippen molar-refractivity contribution in [3.63, 3.8) is 0 Å². The number of carbonyl (C=O) groups is 1. The van der Waals surface area contributed by atoms with Crippen LogP contribution in [0.25, 0.3) is 0 Å². The zero-order valence-electron chi connectivity index (χ0n) is 12.9. The van der Waals surface area contributed by atoms with E-state index in [9.17, 15) is 9.18 Å². The maximum atomic E-state index is 13.4. The standard InChI is InChI=1S/C16H23FN2O3/c1-19(10-11-21-15-5-3-2-4-14(15)17)16(20)12-22-13-6-8-18-9-7-13/h2-5,13,18H,6-12H2,1H3. The summed E-state index contributed by atoms with van der Waals surface area (Å²) in [4.78, 5) is 13.5. The molecule has 22 heavy (non-hydrogen) atoms. The van der Waals surface area contributed by atoms with E-state index in [1.165, 1.54) is 6.07 Å². The molecular weight excluding hydrogens is 287 g/mol. The minimum absolute atomic E-state index is 0.0842. The fourth-order valence-electron chi connectivity index (χ4n) is 2.24. The van der Waals surface area contributed by atoms with E-state index >= 15 is 0 Å². The highest BCUT2D eigenvalue weighted by Crippen LogP contribution is 2.15. The van der Waals surface area contributed by atoms with Crippen LogP contribution in [-0.4, -0.2) is 56.8 Å². The van der Waals surface area contributed by atoms with E-state index < -0.39 is 5.82 Å². The molecule has 0 saturated carbocycles. The third kappa shape index (κ3) is 5.27. The van der Waals surface area contributed by atoms with Gasteiger partial charge in [-0.3, -0.25) is 4.79 Å². The van der Waals surface area contributed by atoms with Gasteiger partial charge in [0.1, 0.15) is 13.2 Å². The Morgan fingerprint density at radius 1 is 1.36 bits per heavy atom. The van der Waals surface area contributed by atoms with Crippen molar-refractivity contribution < 1.29 is 18.7 Å². The van der Waals surface area contributed by atoms with Gasteiger partial charge in [0.05, 0.1) is 12.6 Å². The highest BCUT2D eigenvalue weighted by atomic mass is 19.1. The quantitative estimate of drug-likeness (QED) is 0.828. The van der Waals surface area contributed by atoms with Gasteiger partial charge < -0.3 is 19.7 Å². The summed E-state index contributed by atoms with van der Waals surface area (Å²) in [6.45, 7) is 2.59. The summed E-state index contributed by atoms with van der Waals surface area (Å²) < 4.78 is 24.3. The Labute approximate surface area is 130 Å². The molecule has 1 N–H and O–H groups in total. The van der Waals surface area contributed by atoms with Crippen LogP contribution in [0.3, 0.4) is 0 Å². The first-order chi connectivity index (χ1) is 10.7. The van der Waals surface area contributed by atoms with E-state index in [4.69, 9.17) is 9.47 Å². The van der Waals surface area contributed by atoms with E-state index in [1.807, 2.05) is 0 Å². The van der Waals surface area contributed by atoms with Crippen LogP contribution >= 0.6 is 0 Å². The molecule has 0 aromatic heterocycles. The van der Waals surface area contributed by atoms with Gasteiger partial charge in [-0.2, -0.15) is 0 Å². The molecule has 1 aromatic carbocycles. The average molecular weight is 310 g/mol. The summed E-state index contributed by atoms with van der Waals surface area (Å²) in [6.07, 6.45) is 2.04. The first-order valence-electron chi connectivity index (χ1n) is 7.60. The Morgan fingerprint density at radius 2 is 2.09 bits per heavy atom. The summed E-state index contributed by atoms with van der Waals surface area (Å²) >= 11 is 0. The van der Waals surface area contributed by atoms with Crippen LogP contribution in [0.5, 0.6) is 5.75 Å². The molecule has 2 rings (SSSR count). The number of benzene rings is 1. The summed E-state index contributed by atoms with van der Waals surface area (Å²) in [6, 6.07) is 6.23. The van der Waals surface area contributed by atoms with Gasteiger partial charge in [0, 0.05) is 7.05 Å². The van der Waals surface area contributed by atoms with Gasteiger partial charge in [-0.25, -0.2) is 4.39 Å². The number of nitrogens with zero attached hydrogens (tertiary/aromatic N) is 1. The maximum Gasteiger partial charge on any atom is 0.248 e. The third-order valence-electron chi connectivity index (χ3n) is 3.68. The normalized spacial score (nSPS) is 15.5. The SMILES string of the molecule is CN(CCOc1ccccc1F)C(=O)COC1CCNCC1. The molecule has 0 atom stereocenters. The first-order valence-corrected chi connectivity index (χ1v) is 7.60. The molecule has 0 aliphatic carbocycles. The molecule has 1 aliphatic rings. The molecule has 1 amide bonds. The zero-order chi connectivity index (χ0) is 15.8. The largest absolute Gasteiger partial charge is 0.489 e. The summed E-state index contributed by atoms with van der Waals surface area (Å²) in [7, 11) is 1.69. The number of rotatable bonds is 7. The molecule has 1 aliphatic heterocycles. The van der Waals surface area contributed by atoms with E-state index in [1.54, 1.807) is 30.1 Å². The van der Waals surface area contributed by atoms with E-state index in [0.717, 1.165) is 25.9 Å². The Morgan fingerprint density at radius 3 is 2.82 bits per heavy atom. The molecule has 0 radical (unpaired) electrons. The predicted octanol–water partition coefficient (Wildman–Crippen LogP) is 1.43. The second kappa shape index (κ2) is 8.70. The third-order valence-corrected chi connectivity index (χ3v) is 3.68. The lowest BCUT2D eigenvalue weighted by Gasteiger charge is -2.24. The Balaban J connectivity index is 1.64. The molecule has 5 nitrogen and oxygen atoms in total. The number of hydrogen-bond acceptors (Lipinski definition) is 4. The number of amides is 1. The van der Waals surface area contributed by atoms with Crippen LogP contribution < -0.4 is 10.1 Å². The van der Waals surface area contributed by atoms with Crippen LogP contribution in [0.2, 0.25) is 0 Å². The van der Waals surface area contributed by atoms with Gasteiger partial charge in [-0.15, -0.1) is 0 Å². The monoisotopic (exact) mass is 310 g/mol. The number of hydrogen-bond donors (Lipinski definition) is 1. The highest BCUT2D eigenvalue weighted by Gasteiger charge is 2.16. The molecule has 1 heterocycles. The fraction of sp³-hybridized carbons (Fsp3) is 0.562. The molecule has 1 aromatic rings. The summed E-state index contributed by atoms with van der Waals surface area (Å²) in [5.74, 6) is -0.282. The van der Waals surface area contributed by atoms with Crippen molar-refractivity contribution in [2.45, 2.75) is 18.9 Å². The Bertz CT molecular complexity index is 478. The van der Waals surface area contributed by atoms with Crippen molar-refractivity contribution in [2.24, 2.45) is 0 Å². The summed E-state index contributed by atoms with van der Waals surface area (Å²) in [5, 5.41) is 3.25. The number of para-hydroxylation sites is 1. The highest BCUT2D eigenvalue weighted by molar-refractivity contribution is 5.77. The van der Waals surface area contributed by atoms with Gasteiger partial charge in [0.25, 0.3) is 0 Å². The van der Waals surface area contributed by atoms with Gasteiger partial charge in [0.15, 0.2) is 11.6 Å². The lowest BCUT2D eigenvalue weighted by molar-refractivity contribution is -0.137. The topological polar surface area (TPSA) is 50.8 Å². The van der Waals surface area contributed by atoms with E-state index in [2.05, 4.69) is 5.32 Å². The fourth-order valence-corrected chi connectivity index (χ4v) is 2.24. The average Bonchev–Trinajstić information content (AvgIpc) is 2.55. The van der Waals surface area contributed by atoms with Crippen LogP contribution in [0, 0.1) is 5.82 Å². The van der Waals surface area contributed by atoms with Crippen LogP contribution in [0.4, 0.5) is 4.39 Å². The van der Waals surface area contributed by atoms with Crippen molar-refractivity contribution >= 4 is 5.91 Å². The van der Waals surface area contributed by atoms with E-state index in [0.29, 0.717) is 6.54 Å². The van der Waals surface area contributed by atoms with Gasteiger partial charge >= 0.3 is 0 Å². The zero-order valence-corrected chi connectivity index (χ0v) is 12.9. The second-order valence-electron chi connectivity index (χ2n) is 5.35. The van der Waals surface area contributed by atoms with Crippen molar-refractivity contribution in [3.8, 4) is 5.75 Å². The van der Waals surface area contributed by atoms with Crippen molar-refractivity contribution in [1.29, 1.82) is 0 Å². The molecule has 6 heteroatoms. The first kappa shape index (κ1) is 16.7. The van der Waals surface area contributed by atoms with Gasteiger partial charge in [0.2, 0.25) is 5.91 Å². The van der Waals surface area contributed by atoms with Crippen molar-refractivity contribution in [2.75, 3.05) is 39.9 Å². The number of halogens is 1. The molecule has 1 fully saturated rings. The van der Waals surface area contributed by atoms with Crippen LogP contribution in [-0.2, 0) is 9.53 Å². The lowest BCUT2D eigenvalue weighted by Crippen LogP contribution is -2.37. The molecule has 0 spiro atoms. The second-order valence-corrected chi connectivity index (χ2v) is 5.35. The Hall–Kier alpha value is -1.66. The van der Waals surface area contributed by atoms with Gasteiger partial charge in [-0.05, 0) is 38.1 Å². The minimum atomic E-state index is -0.397. The van der Waals surface area contributed by atoms with Crippen LogP contribution in [0.15, 0.2) is 24.3 Å². The van der Waals surface area contributed by atoms with Crippen molar-refractivity contribution in [1.82, 2.24) is 10.2 Å². The van der Waals surface area contributed by atoms with Crippen LogP contribution in [0.1, 0.15) is 12.8 Å². The maximum absolute atomic E-state index is 13.4. The molecule has 0 unspecified atom stereocenters. The number of likely N-dealkylation sites (N-methyl/N-ethyl adjacent to an activating group) is 1. The Kier molecular flexibility index (Phi) is 6.61. The minimum Gasteiger partial charge on any atom is -0.489 e. The van der Waals surface area contributed by atoms with Crippen molar-refractivity contribution in [3.05, 3.63) is 30.1 Å². The van der Waals surface area contributed by atoms with E-state index in [-0.39, 0.29) is 31.0 Å². The van der Waals surface area contributed by atoms with Gasteiger partial charge in [-0.1, -0.05) is 12.1 Å². The lowest BCUT2D eigenvalue weighted by atomic mass is 10.1. The molecule has 122 valence electrons. The predicted molar refractivity (Wildman–Crippen MR) is 81.4 cm³/mol. The summed E-state index contributed by atoms with van der Waals surface area (Å²) in [5.41, 5.74) is 0. The molecule has 1 saturated heterocycles. The number of nitrogens with one attached hydrogen (secondary N) is 1. The number of piperidine rings is 1. The molecular formula is C16H23FN2O3. The number of carbonyl (C=O) groups excluding carboxylic acids is 1. The number of ether oxygens (including phenoxy) is 2. The molecule has 0 bridgehead atoms. The smallest absolute Gasteiger partial charge is 0.248 e.